The van der Waals surface area contributed by atoms with E-state index in [1.807, 2.05) is 13.0 Å². The highest BCUT2D eigenvalue weighted by Crippen LogP contribution is 2.35. The minimum absolute atomic E-state index is 0.425. The molecule has 1 atom stereocenters. The van der Waals surface area contributed by atoms with Crippen LogP contribution in [0.2, 0.25) is 0 Å². The van der Waals surface area contributed by atoms with Crippen molar-refractivity contribution in [1.82, 2.24) is 10.5 Å². The molecule has 4 heteroatoms. The molecule has 0 amide bonds. The van der Waals surface area contributed by atoms with Gasteiger partial charge in [0.15, 0.2) is 0 Å². The number of nitrogens with zero attached hydrogens (tertiary/aromatic N) is 1. The normalized spacial score (nSPS) is 18.0. The van der Waals surface area contributed by atoms with E-state index in [0.29, 0.717) is 6.04 Å². The van der Waals surface area contributed by atoms with E-state index in [2.05, 4.69) is 44.6 Å². The highest BCUT2D eigenvalue weighted by Gasteiger charge is 2.23. The zero-order chi connectivity index (χ0) is 12.5. The first-order valence-corrected chi connectivity index (χ1v) is 6.96. The maximum absolute atomic E-state index is 5.07. The van der Waals surface area contributed by atoms with Crippen LogP contribution in [0.4, 0.5) is 0 Å². The zero-order valence-electron chi connectivity index (χ0n) is 10.2. The molecule has 0 radical (unpaired) electrons. The summed E-state index contributed by atoms with van der Waals surface area (Å²) in [6.07, 6.45) is 2.28. The van der Waals surface area contributed by atoms with Crippen molar-refractivity contribution in [3.05, 3.63) is 51.3 Å². The lowest BCUT2D eigenvalue weighted by molar-refractivity contribution is 0.385. The smallest absolute Gasteiger partial charge is 0.133 e. The van der Waals surface area contributed by atoms with E-state index in [9.17, 15) is 0 Å². The van der Waals surface area contributed by atoms with Crippen LogP contribution in [0.5, 0.6) is 0 Å². The summed E-state index contributed by atoms with van der Waals surface area (Å²) >= 11 is 3.62. The van der Waals surface area contributed by atoms with Gasteiger partial charge in [0.25, 0.3) is 0 Å². The Labute approximate surface area is 115 Å². The van der Waals surface area contributed by atoms with Crippen LogP contribution in [-0.2, 0) is 13.0 Å². The highest BCUT2D eigenvalue weighted by molar-refractivity contribution is 9.10. The average Bonchev–Trinajstić information content (AvgIpc) is 2.94. The van der Waals surface area contributed by atoms with E-state index >= 15 is 0 Å². The molecular formula is C14H15BrN2O. The summed E-state index contributed by atoms with van der Waals surface area (Å²) in [6.45, 7) is 2.67. The monoisotopic (exact) mass is 306 g/mol. The summed E-state index contributed by atoms with van der Waals surface area (Å²) in [5.74, 6) is 0.862. The summed E-state index contributed by atoms with van der Waals surface area (Å²) in [5, 5.41) is 7.55. The molecule has 1 aromatic heterocycles. The van der Waals surface area contributed by atoms with Gasteiger partial charge in [-0.15, -0.1) is 0 Å². The number of aryl methyl sites for hydroxylation is 1. The molecule has 0 spiro atoms. The number of hydrogen-bond acceptors (Lipinski definition) is 3. The molecule has 0 aliphatic heterocycles. The fraction of sp³-hybridized carbons (Fsp3) is 0.357. The van der Waals surface area contributed by atoms with Crippen LogP contribution in [0.25, 0.3) is 0 Å². The molecule has 3 rings (SSSR count). The Balaban J connectivity index is 1.71. The first-order valence-electron chi connectivity index (χ1n) is 6.17. The van der Waals surface area contributed by atoms with E-state index in [0.717, 1.165) is 30.8 Å². The predicted molar refractivity (Wildman–Crippen MR) is 73.3 cm³/mol. The van der Waals surface area contributed by atoms with E-state index < -0.39 is 0 Å². The molecule has 1 aliphatic carbocycles. The van der Waals surface area contributed by atoms with Crippen molar-refractivity contribution in [2.45, 2.75) is 32.4 Å². The van der Waals surface area contributed by atoms with Gasteiger partial charge in [-0.25, -0.2) is 0 Å². The number of nitrogens with one attached hydrogen (secondary N) is 1. The van der Waals surface area contributed by atoms with Gasteiger partial charge in [-0.05, 0) is 37.0 Å². The third kappa shape index (κ3) is 2.22. The fourth-order valence-corrected chi connectivity index (χ4v) is 3.13. The molecular weight excluding hydrogens is 292 g/mol. The van der Waals surface area contributed by atoms with Gasteiger partial charge >= 0.3 is 0 Å². The lowest BCUT2D eigenvalue weighted by atomic mass is 10.1. The minimum atomic E-state index is 0.425. The van der Waals surface area contributed by atoms with Gasteiger partial charge < -0.3 is 9.84 Å². The molecule has 1 N–H and O–H groups in total. The Morgan fingerprint density at radius 3 is 3.17 bits per heavy atom. The standard InChI is InChI=1S/C14H15BrN2O/c1-9-7-10(17-18-9)8-16-14-6-5-11-12(14)3-2-4-13(11)15/h2-4,7,14,16H,5-6,8H2,1H3. The Kier molecular flexibility index (Phi) is 3.22. The molecule has 94 valence electrons. The molecule has 0 fully saturated rings. The maximum atomic E-state index is 5.07. The topological polar surface area (TPSA) is 38.1 Å². The maximum Gasteiger partial charge on any atom is 0.133 e. The van der Waals surface area contributed by atoms with Crippen molar-refractivity contribution in [2.24, 2.45) is 0 Å². The first-order chi connectivity index (χ1) is 8.74. The summed E-state index contributed by atoms with van der Waals surface area (Å²) < 4.78 is 6.29. The first kappa shape index (κ1) is 11.9. The number of rotatable bonds is 3. The third-order valence-electron chi connectivity index (χ3n) is 3.42. The van der Waals surface area contributed by atoms with Crippen molar-refractivity contribution in [1.29, 1.82) is 0 Å². The van der Waals surface area contributed by atoms with Gasteiger partial charge in [-0.1, -0.05) is 33.2 Å². The molecule has 1 unspecified atom stereocenters. The number of fused-ring (bicyclic) bond motifs is 1. The Morgan fingerprint density at radius 2 is 2.39 bits per heavy atom. The minimum Gasteiger partial charge on any atom is -0.361 e. The van der Waals surface area contributed by atoms with Gasteiger partial charge in [-0.2, -0.15) is 0 Å². The summed E-state index contributed by atoms with van der Waals surface area (Å²) in [5.41, 5.74) is 3.81. The molecule has 0 saturated carbocycles. The number of hydrogen-bond donors (Lipinski definition) is 1. The average molecular weight is 307 g/mol. The van der Waals surface area contributed by atoms with Crippen molar-refractivity contribution in [3.63, 3.8) is 0 Å². The molecule has 1 aliphatic rings. The Morgan fingerprint density at radius 1 is 1.50 bits per heavy atom. The Bertz CT molecular complexity index is 565. The molecule has 0 bridgehead atoms. The van der Waals surface area contributed by atoms with Crippen LogP contribution >= 0.6 is 15.9 Å². The van der Waals surface area contributed by atoms with E-state index in [4.69, 9.17) is 4.52 Å². The quantitative estimate of drug-likeness (QED) is 0.943. The van der Waals surface area contributed by atoms with Gasteiger partial charge in [0.05, 0.1) is 5.69 Å². The second-order valence-electron chi connectivity index (χ2n) is 4.71. The summed E-state index contributed by atoms with van der Waals surface area (Å²) in [6, 6.07) is 8.82. The van der Waals surface area contributed by atoms with Crippen LogP contribution in [0.1, 0.15) is 35.0 Å². The number of benzene rings is 1. The van der Waals surface area contributed by atoms with E-state index in [1.165, 1.54) is 15.6 Å². The van der Waals surface area contributed by atoms with Crippen molar-refractivity contribution in [3.8, 4) is 0 Å². The molecule has 3 nitrogen and oxygen atoms in total. The second kappa shape index (κ2) is 4.86. The third-order valence-corrected chi connectivity index (χ3v) is 4.16. The predicted octanol–water partition coefficient (Wildman–Crippen LogP) is 3.52. The SMILES string of the molecule is Cc1cc(CNC2CCc3c(Br)cccc32)no1. The lowest BCUT2D eigenvalue weighted by Gasteiger charge is -2.13. The van der Waals surface area contributed by atoms with Crippen LogP contribution in [0.15, 0.2) is 33.3 Å². The van der Waals surface area contributed by atoms with Crippen LogP contribution in [0.3, 0.4) is 0 Å². The highest BCUT2D eigenvalue weighted by atomic mass is 79.9. The van der Waals surface area contributed by atoms with Gasteiger partial charge in [-0.3, -0.25) is 0 Å². The van der Waals surface area contributed by atoms with Crippen molar-refractivity contribution < 1.29 is 4.52 Å². The van der Waals surface area contributed by atoms with Gasteiger partial charge in [0.1, 0.15) is 5.76 Å². The largest absolute Gasteiger partial charge is 0.361 e. The fourth-order valence-electron chi connectivity index (χ4n) is 2.55. The molecule has 18 heavy (non-hydrogen) atoms. The molecule has 1 heterocycles. The van der Waals surface area contributed by atoms with Gasteiger partial charge in [0.2, 0.25) is 0 Å². The van der Waals surface area contributed by atoms with Crippen LogP contribution in [-0.4, -0.2) is 5.16 Å². The van der Waals surface area contributed by atoms with E-state index in [1.54, 1.807) is 0 Å². The lowest BCUT2D eigenvalue weighted by Crippen LogP contribution is -2.18. The van der Waals surface area contributed by atoms with Crippen LogP contribution < -0.4 is 5.32 Å². The molecule has 0 saturated heterocycles. The van der Waals surface area contributed by atoms with Crippen LogP contribution in [0, 0.1) is 6.92 Å². The Hall–Kier alpha value is -1.13. The van der Waals surface area contributed by atoms with Crippen molar-refractivity contribution in [2.75, 3.05) is 0 Å². The number of halogens is 1. The molecule has 2 aromatic rings. The summed E-state index contributed by atoms with van der Waals surface area (Å²) in [7, 11) is 0. The van der Waals surface area contributed by atoms with Gasteiger partial charge in [0, 0.05) is 23.1 Å². The van der Waals surface area contributed by atoms with E-state index in [-0.39, 0.29) is 0 Å². The van der Waals surface area contributed by atoms with Crippen molar-refractivity contribution >= 4 is 15.9 Å². The summed E-state index contributed by atoms with van der Waals surface area (Å²) in [4.78, 5) is 0. The number of aromatic nitrogens is 1. The second-order valence-corrected chi connectivity index (χ2v) is 5.56. The molecule has 1 aromatic carbocycles. The zero-order valence-corrected chi connectivity index (χ0v) is 11.8.